The summed E-state index contributed by atoms with van der Waals surface area (Å²) in [6.45, 7) is 0. The number of hydrogen-bond acceptors (Lipinski definition) is 6. The minimum Gasteiger partial charge on any atom is -0.375 e. The Hall–Kier alpha value is -1.73. The highest BCUT2D eigenvalue weighted by molar-refractivity contribution is 7.16. The van der Waals surface area contributed by atoms with E-state index in [4.69, 9.17) is 5.73 Å². The zero-order valence-corrected chi connectivity index (χ0v) is 11.0. The third-order valence-electron chi connectivity index (χ3n) is 3.57. The van der Waals surface area contributed by atoms with E-state index in [-0.39, 0.29) is 22.7 Å². The molecule has 0 radical (unpaired) electrons. The number of nitrogens with two attached hydrogens (primary N) is 1. The first-order valence-corrected chi connectivity index (χ1v) is 7.07. The van der Waals surface area contributed by atoms with Gasteiger partial charge in [-0.15, -0.1) is 11.3 Å². The summed E-state index contributed by atoms with van der Waals surface area (Å²) < 4.78 is 0.827. The number of aromatic nitrogens is 1. The van der Waals surface area contributed by atoms with Crippen molar-refractivity contribution in [2.75, 3.05) is 5.32 Å². The predicted molar refractivity (Wildman–Crippen MR) is 75.5 cm³/mol. The van der Waals surface area contributed by atoms with Crippen LogP contribution in [0, 0.1) is 10.1 Å². The summed E-state index contributed by atoms with van der Waals surface area (Å²) in [7, 11) is 0. The SMILES string of the molecule is NC1CCCC1Nc1ccc2scnc2c1[N+](=O)[O-]. The minimum atomic E-state index is -0.370. The van der Waals surface area contributed by atoms with Gasteiger partial charge in [-0.2, -0.15) is 0 Å². The fourth-order valence-electron chi connectivity index (χ4n) is 2.59. The van der Waals surface area contributed by atoms with Crippen LogP contribution < -0.4 is 11.1 Å². The molecule has 0 saturated heterocycles. The van der Waals surface area contributed by atoms with Crippen molar-refractivity contribution in [2.45, 2.75) is 31.3 Å². The summed E-state index contributed by atoms with van der Waals surface area (Å²) in [5, 5.41) is 14.5. The van der Waals surface area contributed by atoms with Crippen LogP contribution in [0.25, 0.3) is 10.2 Å². The van der Waals surface area contributed by atoms with Gasteiger partial charge in [-0.25, -0.2) is 4.98 Å². The molecule has 1 fully saturated rings. The summed E-state index contributed by atoms with van der Waals surface area (Å²) in [6.07, 6.45) is 2.98. The highest BCUT2D eigenvalue weighted by Crippen LogP contribution is 2.35. The second-order valence-corrected chi connectivity index (χ2v) is 5.65. The van der Waals surface area contributed by atoms with E-state index in [1.54, 1.807) is 11.6 Å². The molecule has 1 heterocycles. The molecule has 2 unspecified atom stereocenters. The maximum Gasteiger partial charge on any atom is 0.319 e. The monoisotopic (exact) mass is 278 g/mol. The van der Waals surface area contributed by atoms with Gasteiger partial charge in [0.05, 0.1) is 15.1 Å². The number of thiazole rings is 1. The summed E-state index contributed by atoms with van der Waals surface area (Å²) in [5.74, 6) is 0. The van der Waals surface area contributed by atoms with Gasteiger partial charge in [0.1, 0.15) is 5.69 Å². The fraction of sp³-hybridized carbons (Fsp3) is 0.417. The molecule has 0 aliphatic heterocycles. The van der Waals surface area contributed by atoms with Gasteiger partial charge >= 0.3 is 5.69 Å². The lowest BCUT2D eigenvalue weighted by atomic mass is 10.1. The fourth-order valence-corrected chi connectivity index (χ4v) is 3.27. The molecule has 1 aromatic carbocycles. The van der Waals surface area contributed by atoms with Crippen molar-refractivity contribution in [3.05, 3.63) is 27.8 Å². The highest BCUT2D eigenvalue weighted by atomic mass is 32.1. The Morgan fingerprint density at radius 2 is 2.32 bits per heavy atom. The van der Waals surface area contributed by atoms with Crippen molar-refractivity contribution in [3.63, 3.8) is 0 Å². The van der Waals surface area contributed by atoms with Crippen molar-refractivity contribution >= 4 is 32.9 Å². The third kappa shape index (κ3) is 2.15. The van der Waals surface area contributed by atoms with Crippen molar-refractivity contribution in [2.24, 2.45) is 5.73 Å². The molecular formula is C12H14N4O2S. The van der Waals surface area contributed by atoms with Crippen molar-refractivity contribution in [1.82, 2.24) is 4.98 Å². The van der Waals surface area contributed by atoms with Gasteiger partial charge in [-0.3, -0.25) is 10.1 Å². The average molecular weight is 278 g/mol. The molecule has 19 heavy (non-hydrogen) atoms. The van der Waals surface area contributed by atoms with E-state index in [9.17, 15) is 10.1 Å². The first-order valence-electron chi connectivity index (χ1n) is 6.19. The molecule has 7 heteroatoms. The van der Waals surface area contributed by atoms with Crippen LogP contribution in [0.5, 0.6) is 0 Å². The van der Waals surface area contributed by atoms with Crippen LogP contribution in [-0.4, -0.2) is 22.0 Å². The average Bonchev–Trinajstić information content (AvgIpc) is 2.98. The topological polar surface area (TPSA) is 94.1 Å². The lowest BCUT2D eigenvalue weighted by Gasteiger charge is -2.18. The highest BCUT2D eigenvalue weighted by Gasteiger charge is 2.27. The maximum absolute atomic E-state index is 11.3. The van der Waals surface area contributed by atoms with E-state index in [2.05, 4.69) is 10.3 Å². The molecule has 3 rings (SSSR count). The molecule has 2 atom stereocenters. The summed E-state index contributed by atoms with van der Waals surface area (Å²) in [4.78, 5) is 15.0. The molecular weight excluding hydrogens is 264 g/mol. The number of fused-ring (bicyclic) bond motifs is 1. The first kappa shape index (κ1) is 12.3. The summed E-state index contributed by atoms with van der Waals surface area (Å²) in [6, 6.07) is 3.78. The number of anilines is 1. The zero-order chi connectivity index (χ0) is 13.4. The Bertz CT molecular complexity index is 627. The number of nitro groups is 1. The first-order chi connectivity index (χ1) is 9.16. The maximum atomic E-state index is 11.3. The van der Waals surface area contributed by atoms with Crippen molar-refractivity contribution in [1.29, 1.82) is 0 Å². The van der Waals surface area contributed by atoms with Crippen molar-refractivity contribution in [3.8, 4) is 0 Å². The van der Waals surface area contributed by atoms with Crippen LogP contribution in [-0.2, 0) is 0 Å². The lowest BCUT2D eigenvalue weighted by Crippen LogP contribution is -2.35. The van der Waals surface area contributed by atoms with Crippen molar-refractivity contribution < 1.29 is 4.92 Å². The van der Waals surface area contributed by atoms with E-state index in [1.165, 1.54) is 11.3 Å². The standard InChI is InChI=1S/C12H14N4O2S/c13-7-2-1-3-8(7)15-9-4-5-10-11(14-6-19-10)12(9)16(17)18/h4-8,15H,1-3,13H2. The number of benzene rings is 1. The predicted octanol–water partition coefficient (Wildman–Crippen LogP) is 2.50. The van der Waals surface area contributed by atoms with E-state index in [0.717, 1.165) is 24.0 Å². The van der Waals surface area contributed by atoms with Crippen LogP contribution in [0.15, 0.2) is 17.6 Å². The number of nitro benzene ring substituents is 1. The Morgan fingerprint density at radius 3 is 3.00 bits per heavy atom. The van der Waals surface area contributed by atoms with E-state index < -0.39 is 0 Å². The molecule has 3 N–H and O–H groups in total. The number of nitrogens with zero attached hydrogens (tertiary/aromatic N) is 2. The van der Waals surface area contributed by atoms with Gasteiger partial charge in [0.25, 0.3) is 0 Å². The molecule has 6 nitrogen and oxygen atoms in total. The molecule has 1 aromatic heterocycles. The van der Waals surface area contributed by atoms with Gasteiger partial charge in [0, 0.05) is 12.1 Å². The van der Waals surface area contributed by atoms with Gasteiger partial charge in [0.15, 0.2) is 5.52 Å². The normalized spacial score (nSPS) is 22.8. The van der Waals surface area contributed by atoms with Crippen LogP contribution in [0.4, 0.5) is 11.4 Å². The molecule has 1 aliphatic rings. The van der Waals surface area contributed by atoms with Gasteiger partial charge < -0.3 is 11.1 Å². The Morgan fingerprint density at radius 1 is 1.47 bits per heavy atom. The molecule has 1 aliphatic carbocycles. The lowest BCUT2D eigenvalue weighted by molar-refractivity contribution is -0.382. The van der Waals surface area contributed by atoms with E-state index in [0.29, 0.717) is 11.2 Å². The van der Waals surface area contributed by atoms with Crippen LogP contribution in [0.1, 0.15) is 19.3 Å². The molecule has 100 valence electrons. The minimum absolute atomic E-state index is 0.0536. The molecule has 2 aromatic rings. The van der Waals surface area contributed by atoms with Gasteiger partial charge in [0.2, 0.25) is 0 Å². The second kappa shape index (κ2) is 4.75. The number of rotatable bonds is 3. The molecule has 1 saturated carbocycles. The number of nitrogens with one attached hydrogen (secondary N) is 1. The van der Waals surface area contributed by atoms with Gasteiger partial charge in [-0.05, 0) is 31.4 Å². The van der Waals surface area contributed by atoms with E-state index in [1.807, 2.05) is 6.07 Å². The Balaban J connectivity index is 2.02. The van der Waals surface area contributed by atoms with Crippen LogP contribution in [0.2, 0.25) is 0 Å². The van der Waals surface area contributed by atoms with Crippen LogP contribution in [0.3, 0.4) is 0 Å². The Kier molecular flexibility index (Phi) is 3.08. The quantitative estimate of drug-likeness (QED) is 0.664. The summed E-state index contributed by atoms with van der Waals surface area (Å²) in [5.41, 5.74) is 8.65. The Labute approximate surface area is 113 Å². The van der Waals surface area contributed by atoms with E-state index >= 15 is 0 Å². The zero-order valence-electron chi connectivity index (χ0n) is 10.2. The smallest absolute Gasteiger partial charge is 0.319 e. The largest absolute Gasteiger partial charge is 0.375 e. The second-order valence-electron chi connectivity index (χ2n) is 4.76. The molecule has 0 amide bonds. The summed E-state index contributed by atoms with van der Waals surface area (Å²) >= 11 is 1.40. The third-order valence-corrected chi connectivity index (χ3v) is 4.36. The van der Waals surface area contributed by atoms with Crippen LogP contribution >= 0.6 is 11.3 Å². The number of hydrogen-bond donors (Lipinski definition) is 2. The van der Waals surface area contributed by atoms with Gasteiger partial charge in [-0.1, -0.05) is 0 Å². The molecule has 0 spiro atoms. The molecule has 0 bridgehead atoms.